The summed E-state index contributed by atoms with van der Waals surface area (Å²) >= 11 is 0. The molecule has 2 aliphatic carbocycles. The lowest BCUT2D eigenvalue weighted by molar-refractivity contribution is -0.129. The Labute approximate surface area is 113 Å². The summed E-state index contributed by atoms with van der Waals surface area (Å²) in [6, 6.07) is 0. The number of nitrogens with zero attached hydrogens (tertiary/aromatic N) is 2. The number of carbonyl (C=O) groups is 1. The molecule has 1 spiro atoms. The van der Waals surface area contributed by atoms with E-state index in [4.69, 9.17) is 0 Å². The Morgan fingerprint density at radius 2 is 2.11 bits per heavy atom. The molecule has 0 radical (unpaired) electrons. The molecule has 0 bridgehead atoms. The van der Waals surface area contributed by atoms with Crippen molar-refractivity contribution in [1.29, 1.82) is 0 Å². The number of nitrogens with one attached hydrogen (secondary N) is 2. The number of hydrazine groups is 1. The Morgan fingerprint density at radius 3 is 2.79 bits per heavy atom. The van der Waals surface area contributed by atoms with Gasteiger partial charge in [0.05, 0.1) is 5.69 Å². The zero-order chi connectivity index (χ0) is 13.3. The number of anilines is 1. The molecule has 102 valence electrons. The van der Waals surface area contributed by atoms with E-state index in [1.54, 1.807) is 12.4 Å². The van der Waals surface area contributed by atoms with Crippen molar-refractivity contribution in [2.24, 2.45) is 11.3 Å². The van der Waals surface area contributed by atoms with E-state index < -0.39 is 0 Å². The lowest BCUT2D eigenvalue weighted by atomic mass is 9.71. The summed E-state index contributed by atoms with van der Waals surface area (Å²) in [5.41, 5.74) is 7.15. The standard InChI is InChI=1S/C14H20N4O/c1-2-3-11-12(16-7-6-15-11)17-18-13(19)10-8-14(9-10)4-5-14/h6-7,10H,2-5,8-9H2,1H3,(H,16,17)(H,18,19). The van der Waals surface area contributed by atoms with Crippen LogP contribution in [-0.2, 0) is 11.2 Å². The first-order valence-electron chi connectivity index (χ1n) is 7.08. The zero-order valence-corrected chi connectivity index (χ0v) is 11.3. The molecule has 0 unspecified atom stereocenters. The molecule has 0 aliphatic heterocycles. The van der Waals surface area contributed by atoms with E-state index in [1.807, 2.05) is 0 Å². The highest BCUT2D eigenvalue weighted by Gasteiger charge is 2.54. The molecular weight excluding hydrogens is 240 g/mol. The van der Waals surface area contributed by atoms with Crippen LogP contribution in [0.4, 0.5) is 5.82 Å². The van der Waals surface area contributed by atoms with Crippen LogP contribution < -0.4 is 10.9 Å². The van der Waals surface area contributed by atoms with E-state index in [-0.39, 0.29) is 11.8 Å². The van der Waals surface area contributed by atoms with Crippen LogP contribution in [0.15, 0.2) is 12.4 Å². The van der Waals surface area contributed by atoms with Crippen LogP contribution in [0.3, 0.4) is 0 Å². The third-order valence-electron chi connectivity index (χ3n) is 4.25. The summed E-state index contributed by atoms with van der Waals surface area (Å²) < 4.78 is 0. The highest BCUT2D eigenvalue weighted by atomic mass is 16.2. The van der Waals surface area contributed by atoms with Gasteiger partial charge in [-0.2, -0.15) is 0 Å². The molecule has 0 atom stereocenters. The average molecular weight is 260 g/mol. The van der Waals surface area contributed by atoms with Gasteiger partial charge in [-0.05, 0) is 37.5 Å². The monoisotopic (exact) mass is 260 g/mol. The Morgan fingerprint density at radius 1 is 1.37 bits per heavy atom. The number of hydrogen-bond donors (Lipinski definition) is 2. The second kappa shape index (κ2) is 4.79. The fourth-order valence-electron chi connectivity index (χ4n) is 2.87. The van der Waals surface area contributed by atoms with Crippen LogP contribution in [-0.4, -0.2) is 15.9 Å². The van der Waals surface area contributed by atoms with Crippen molar-refractivity contribution in [1.82, 2.24) is 15.4 Å². The molecular formula is C14H20N4O. The van der Waals surface area contributed by atoms with Crippen molar-refractivity contribution in [2.45, 2.75) is 45.4 Å². The predicted molar refractivity (Wildman–Crippen MR) is 72.2 cm³/mol. The van der Waals surface area contributed by atoms with Gasteiger partial charge in [0, 0.05) is 18.3 Å². The van der Waals surface area contributed by atoms with Crippen molar-refractivity contribution < 1.29 is 4.79 Å². The van der Waals surface area contributed by atoms with Gasteiger partial charge in [-0.25, -0.2) is 4.98 Å². The summed E-state index contributed by atoms with van der Waals surface area (Å²) in [6.07, 6.45) is 9.93. The molecule has 19 heavy (non-hydrogen) atoms. The number of aromatic nitrogens is 2. The average Bonchev–Trinajstić information content (AvgIpc) is 3.16. The largest absolute Gasteiger partial charge is 0.280 e. The highest BCUT2D eigenvalue weighted by molar-refractivity contribution is 5.81. The van der Waals surface area contributed by atoms with Gasteiger partial charge in [-0.15, -0.1) is 0 Å². The molecule has 2 saturated carbocycles. The highest BCUT2D eigenvalue weighted by Crippen LogP contribution is 2.63. The van der Waals surface area contributed by atoms with Crippen molar-refractivity contribution in [3.63, 3.8) is 0 Å². The molecule has 1 amide bonds. The maximum absolute atomic E-state index is 12.0. The maximum Gasteiger partial charge on any atom is 0.241 e. The number of carbonyl (C=O) groups excluding carboxylic acids is 1. The number of rotatable bonds is 5. The van der Waals surface area contributed by atoms with Gasteiger partial charge >= 0.3 is 0 Å². The summed E-state index contributed by atoms with van der Waals surface area (Å²) in [4.78, 5) is 20.5. The number of aryl methyl sites for hydroxylation is 1. The summed E-state index contributed by atoms with van der Waals surface area (Å²) in [5, 5.41) is 0. The van der Waals surface area contributed by atoms with Crippen molar-refractivity contribution >= 4 is 11.7 Å². The summed E-state index contributed by atoms with van der Waals surface area (Å²) in [6.45, 7) is 2.10. The lowest BCUT2D eigenvalue weighted by Crippen LogP contribution is -2.42. The maximum atomic E-state index is 12.0. The van der Waals surface area contributed by atoms with Crippen LogP contribution in [0.25, 0.3) is 0 Å². The molecule has 1 aromatic rings. The van der Waals surface area contributed by atoms with Gasteiger partial charge in [0.2, 0.25) is 5.91 Å². The molecule has 2 fully saturated rings. The fraction of sp³-hybridized carbons (Fsp3) is 0.643. The molecule has 5 nitrogen and oxygen atoms in total. The van der Waals surface area contributed by atoms with Crippen molar-refractivity contribution in [2.75, 3.05) is 5.43 Å². The smallest absolute Gasteiger partial charge is 0.241 e. The normalized spacial score (nSPS) is 19.8. The van der Waals surface area contributed by atoms with E-state index >= 15 is 0 Å². The minimum absolute atomic E-state index is 0.0885. The van der Waals surface area contributed by atoms with E-state index in [1.165, 1.54) is 12.8 Å². The van der Waals surface area contributed by atoms with Crippen LogP contribution in [0, 0.1) is 11.3 Å². The first-order chi connectivity index (χ1) is 9.22. The first-order valence-corrected chi connectivity index (χ1v) is 7.08. The molecule has 1 aromatic heterocycles. The number of hydrogen-bond acceptors (Lipinski definition) is 4. The second-order valence-corrected chi connectivity index (χ2v) is 5.82. The van der Waals surface area contributed by atoms with E-state index in [9.17, 15) is 4.79 Å². The van der Waals surface area contributed by atoms with Gasteiger partial charge < -0.3 is 0 Å². The summed E-state index contributed by atoms with van der Waals surface area (Å²) in [5.74, 6) is 0.935. The first kappa shape index (κ1) is 12.4. The van der Waals surface area contributed by atoms with Crippen LogP contribution in [0.5, 0.6) is 0 Å². The second-order valence-electron chi connectivity index (χ2n) is 5.82. The molecule has 0 aromatic carbocycles. The van der Waals surface area contributed by atoms with Gasteiger partial charge in [0.1, 0.15) is 0 Å². The van der Waals surface area contributed by atoms with Crippen LogP contribution >= 0.6 is 0 Å². The third kappa shape index (κ3) is 2.55. The van der Waals surface area contributed by atoms with Gasteiger partial charge in [-0.1, -0.05) is 13.3 Å². The quantitative estimate of drug-likeness (QED) is 0.795. The molecule has 2 aliphatic rings. The van der Waals surface area contributed by atoms with Crippen LogP contribution in [0.1, 0.15) is 44.7 Å². The fourth-order valence-corrected chi connectivity index (χ4v) is 2.87. The van der Waals surface area contributed by atoms with Gasteiger partial charge in [-0.3, -0.25) is 20.6 Å². The third-order valence-corrected chi connectivity index (χ3v) is 4.25. The molecule has 0 saturated heterocycles. The van der Waals surface area contributed by atoms with Gasteiger partial charge in [0.25, 0.3) is 0 Å². The van der Waals surface area contributed by atoms with E-state index in [0.29, 0.717) is 11.2 Å². The molecule has 5 heteroatoms. The van der Waals surface area contributed by atoms with Gasteiger partial charge in [0.15, 0.2) is 5.82 Å². The molecule has 2 N–H and O–H groups in total. The minimum atomic E-state index is 0.0885. The predicted octanol–water partition coefficient (Wildman–Crippen LogP) is 2.06. The van der Waals surface area contributed by atoms with E-state index in [0.717, 1.165) is 31.4 Å². The Bertz CT molecular complexity index is 476. The molecule has 1 heterocycles. The SMILES string of the molecule is CCCc1nccnc1NNC(=O)C1CC2(CC2)C1. The van der Waals surface area contributed by atoms with Crippen LogP contribution in [0.2, 0.25) is 0 Å². The van der Waals surface area contributed by atoms with Crippen molar-refractivity contribution in [3.8, 4) is 0 Å². The van der Waals surface area contributed by atoms with E-state index in [2.05, 4.69) is 27.7 Å². The zero-order valence-electron chi connectivity index (χ0n) is 11.3. The number of amides is 1. The lowest BCUT2D eigenvalue weighted by Gasteiger charge is -2.34. The Kier molecular flexibility index (Phi) is 3.12. The van der Waals surface area contributed by atoms with Crippen molar-refractivity contribution in [3.05, 3.63) is 18.1 Å². The minimum Gasteiger partial charge on any atom is -0.280 e. The Hall–Kier alpha value is -1.65. The molecule has 3 rings (SSSR count). The summed E-state index contributed by atoms with van der Waals surface area (Å²) in [7, 11) is 0. The topological polar surface area (TPSA) is 66.9 Å². The Balaban J connectivity index is 1.52.